The van der Waals surface area contributed by atoms with Gasteiger partial charge < -0.3 is 10.4 Å². The number of nitrogens with zero attached hydrogens (tertiary/aromatic N) is 1. The Kier molecular flexibility index (Phi) is 3.64. The van der Waals surface area contributed by atoms with E-state index >= 15 is 0 Å². The molecule has 1 saturated heterocycles. The van der Waals surface area contributed by atoms with Gasteiger partial charge in [0.2, 0.25) is 0 Å². The van der Waals surface area contributed by atoms with Gasteiger partial charge in [-0.05, 0) is 18.4 Å². The summed E-state index contributed by atoms with van der Waals surface area (Å²) >= 11 is 0. The van der Waals surface area contributed by atoms with Crippen molar-refractivity contribution >= 4 is 0 Å². The molecule has 1 unspecified atom stereocenters. The maximum Gasteiger partial charge on any atom is 0.0584 e. The van der Waals surface area contributed by atoms with E-state index in [4.69, 9.17) is 5.11 Å². The van der Waals surface area contributed by atoms with Crippen molar-refractivity contribution < 1.29 is 9.59 Å². The molecule has 0 saturated carbocycles. The first-order valence-corrected chi connectivity index (χ1v) is 4.81. The third kappa shape index (κ3) is 2.90. The van der Waals surface area contributed by atoms with E-state index in [0.717, 1.165) is 13.0 Å². The monoisotopic (exact) mass is 190 g/mol. The van der Waals surface area contributed by atoms with Crippen LogP contribution in [0.3, 0.4) is 0 Å². The number of hydrogen-bond acceptors (Lipinski definition) is 3. The molecule has 0 radical (unpaired) electrons. The van der Waals surface area contributed by atoms with Crippen molar-refractivity contribution in [2.75, 3.05) is 26.2 Å². The highest BCUT2D eigenvalue weighted by Crippen LogP contribution is 2.30. The molecule has 0 aromatic heterocycles. The van der Waals surface area contributed by atoms with Crippen LogP contribution in [-0.2, 0) is 0 Å². The van der Waals surface area contributed by atoms with Gasteiger partial charge in [-0.1, -0.05) is 13.8 Å². The zero-order chi connectivity index (χ0) is 9.90. The first-order chi connectivity index (χ1) is 6.06. The predicted molar refractivity (Wildman–Crippen MR) is 50.0 cm³/mol. The molecule has 3 nitrogen and oxygen atoms in total. The van der Waals surface area contributed by atoms with Gasteiger partial charge in [0.05, 0.1) is 13.2 Å². The molecule has 13 heavy (non-hydrogen) atoms. The molecule has 0 bridgehead atoms. The lowest BCUT2D eigenvalue weighted by molar-refractivity contribution is -0.00766. The maximum atomic E-state index is 13.0. The Labute approximate surface area is 78.9 Å². The molecule has 0 aromatic rings. The first-order valence-electron chi connectivity index (χ1n) is 4.81. The van der Waals surface area contributed by atoms with Crippen LogP contribution in [0, 0.1) is 5.41 Å². The van der Waals surface area contributed by atoms with Crippen molar-refractivity contribution in [2.24, 2.45) is 5.41 Å². The fraction of sp³-hybridized carbons (Fsp3) is 1.00. The zero-order valence-electron chi connectivity index (χ0n) is 8.39. The number of nitrogens with one attached hydrogen (secondary N) is 1. The summed E-state index contributed by atoms with van der Waals surface area (Å²) in [5.41, 5.74) is 0.166. The second kappa shape index (κ2) is 4.35. The van der Waals surface area contributed by atoms with Gasteiger partial charge in [0.1, 0.15) is 0 Å². The van der Waals surface area contributed by atoms with Crippen molar-refractivity contribution in [1.82, 2.24) is 10.4 Å². The molecule has 1 heterocycles. The maximum absolute atomic E-state index is 13.0. The minimum absolute atomic E-state index is 0.105. The van der Waals surface area contributed by atoms with Crippen LogP contribution in [0.5, 0.6) is 0 Å². The molecular weight excluding hydrogens is 171 g/mol. The van der Waals surface area contributed by atoms with Gasteiger partial charge in [-0.25, -0.2) is 0 Å². The molecule has 2 N–H and O–H groups in total. The number of rotatable bonds is 4. The summed E-state index contributed by atoms with van der Waals surface area (Å²) in [4.78, 5) is 0. The molecule has 1 atom stereocenters. The number of aliphatic hydroxyl groups is 1. The Morgan fingerprint density at radius 2 is 2.31 bits per heavy atom. The standard InChI is InChI=1S/C9H19FN2O/c1-9(2)3-4-11-8(9)7-12(10)5-6-13/h8,11,13H,3-7H2,1-2H3. The Balaban J connectivity index is 2.35. The largest absolute Gasteiger partial charge is 0.395 e. The van der Waals surface area contributed by atoms with Crippen LogP contribution in [0.15, 0.2) is 0 Å². The predicted octanol–water partition coefficient (Wildman–Crippen LogP) is 0.553. The molecule has 1 aliphatic rings. The summed E-state index contributed by atoms with van der Waals surface area (Å²) in [6.45, 7) is 5.60. The van der Waals surface area contributed by atoms with Gasteiger partial charge in [0, 0.05) is 12.6 Å². The smallest absolute Gasteiger partial charge is 0.0584 e. The Hall–Kier alpha value is -0.190. The van der Waals surface area contributed by atoms with Gasteiger partial charge in [-0.3, -0.25) is 0 Å². The number of aliphatic hydroxyl groups excluding tert-OH is 1. The molecule has 1 aliphatic heterocycles. The van der Waals surface area contributed by atoms with Crippen molar-refractivity contribution in [3.8, 4) is 0 Å². The highest BCUT2D eigenvalue weighted by atomic mass is 19.2. The number of halogens is 1. The summed E-state index contributed by atoms with van der Waals surface area (Å²) in [5.74, 6) is 0. The normalized spacial score (nSPS) is 27.0. The molecule has 78 valence electrons. The van der Waals surface area contributed by atoms with Gasteiger partial charge >= 0.3 is 0 Å². The summed E-state index contributed by atoms with van der Waals surface area (Å²) in [6, 6.07) is 0.198. The fourth-order valence-corrected chi connectivity index (χ4v) is 1.73. The lowest BCUT2D eigenvalue weighted by atomic mass is 9.85. The third-order valence-corrected chi connectivity index (χ3v) is 2.83. The second-order valence-electron chi connectivity index (χ2n) is 4.34. The molecule has 1 fully saturated rings. The highest BCUT2D eigenvalue weighted by Gasteiger charge is 2.35. The van der Waals surface area contributed by atoms with E-state index in [1.165, 1.54) is 0 Å². The topological polar surface area (TPSA) is 35.5 Å². The molecule has 0 aliphatic carbocycles. The van der Waals surface area contributed by atoms with E-state index < -0.39 is 0 Å². The van der Waals surface area contributed by atoms with Crippen LogP contribution in [0.1, 0.15) is 20.3 Å². The van der Waals surface area contributed by atoms with Crippen molar-refractivity contribution in [2.45, 2.75) is 26.3 Å². The van der Waals surface area contributed by atoms with E-state index in [0.29, 0.717) is 11.7 Å². The first kappa shape index (κ1) is 10.9. The van der Waals surface area contributed by atoms with Crippen molar-refractivity contribution in [3.05, 3.63) is 0 Å². The molecule has 0 aromatic carbocycles. The van der Waals surface area contributed by atoms with Crippen LogP contribution in [0.4, 0.5) is 4.48 Å². The van der Waals surface area contributed by atoms with E-state index in [1.54, 1.807) is 0 Å². The third-order valence-electron chi connectivity index (χ3n) is 2.83. The van der Waals surface area contributed by atoms with Crippen molar-refractivity contribution in [3.63, 3.8) is 0 Å². The molecular formula is C9H19FN2O. The summed E-state index contributed by atoms with van der Waals surface area (Å²) < 4.78 is 13.0. The van der Waals surface area contributed by atoms with Gasteiger partial charge in [-0.2, -0.15) is 0 Å². The molecule has 1 rings (SSSR count). The molecule has 0 spiro atoms. The van der Waals surface area contributed by atoms with Crippen LogP contribution >= 0.6 is 0 Å². The van der Waals surface area contributed by atoms with Crippen molar-refractivity contribution in [1.29, 1.82) is 0 Å². The average molecular weight is 190 g/mol. The zero-order valence-corrected chi connectivity index (χ0v) is 8.39. The highest BCUT2D eigenvalue weighted by molar-refractivity contribution is 4.91. The van der Waals surface area contributed by atoms with E-state index in [9.17, 15) is 4.48 Å². The van der Waals surface area contributed by atoms with Crippen LogP contribution < -0.4 is 5.32 Å². The van der Waals surface area contributed by atoms with Crippen LogP contribution in [-0.4, -0.2) is 42.5 Å². The molecule has 4 heteroatoms. The molecule has 0 amide bonds. The summed E-state index contributed by atoms with van der Waals surface area (Å²) in [7, 11) is 0. The quantitative estimate of drug-likeness (QED) is 0.636. The fourth-order valence-electron chi connectivity index (χ4n) is 1.73. The van der Waals surface area contributed by atoms with Crippen LogP contribution in [0.2, 0.25) is 0 Å². The Morgan fingerprint density at radius 3 is 2.77 bits per heavy atom. The van der Waals surface area contributed by atoms with E-state index in [1.807, 2.05) is 0 Å². The second-order valence-corrected chi connectivity index (χ2v) is 4.34. The number of hydrogen-bond donors (Lipinski definition) is 2. The average Bonchev–Trinajstić information content (AvgIpc) is 2.31. The minimum Gasteiger partial charge on any atom is -0.395 e. The Morgan fingerprint density at radius 1 is 1.62 bits per heavy atom. The van der Waals surface area contributed by atoms with E-state index in [-0.39, 0.29) is 24.6 Å². The van der Waals surface area contributed by atoms with Gasteiger partial charge in [0.15, 0.2) is 0 Å². The SMILES string of the molecule is CC1(C)CCNC1CN(F)CCO. The lowest BCUT2D eigenvalue weighted by Gasteiger charge is -2.28. The van der Waals surface area contributed by atoms with Gasteiger partial charge in [-0.15, -0.1) is 9.60 Å². The van der Waals surface area contributed by atoms with E-state index in [2.05, 4.69) is 19.2 Å². The van der Waals surface area contributed by atoms with Crippen LogP contribution in [0.25, 0.3) is 0 Å². The Bertz CT molecular complexity index is 164. The lowest BCUT2D eigenvalue weighted by Crippen LogP contribution is -2.41. The minimum atomic E-state index is -0.121. The summed E-state index contributed by atoms with van der Waals surface area (Å²) in [5, 5.41) is 12.5. The summed E-state index contributed by atoms with van der Waals surface area (Å²) in [6.07, 6.45) is 1.09. The van der Waals surface area contributed by atoms with Gasteiger partial charge in [0.25, 0.3) is 0 Å².